The summed E-state index contributed by atoms with van der Waals surface area (Å²) < 4.78 is 27.0. The molecule has 10 heteroatoms. The molecular weight excluding hydrogens is 486 g/mol. The lowest BCUT2D eigenvalue weighted by Crippen LogP contribution is -2.27. The van der Waals surface area contributed by atoms with Crippen molar-refractivity contribution >= 4 is 16.5 Å². The lowest BCUT2D eigenvalue weighted by atomic mass is 10.2. The van der Waals surface area contributed by atoms with Gasteiger partial charge in [0.05, 0.1) is 0 Å². The highest BCUT2D eigenvalue weighted by Crippen LogP contribution is 2.19. The molecule has 0 amide bonds. The minimum Gasteiger partial charge on any atom is -0.303 e. The molecule has 0 aliphatic carbocycles. The second kappa shape index (κ2) is 34.0. The first-order valence-electron chi connectivity index (χ1n) is 13.8. The Kier molecular flexibility index (Phi) is 38.3. The standard InChI is InChI=1S/2C12H27N.CH2O6P2/c2*1-4-7-10-13(11-8-5-2)12-9-6-3;2-8(3)6-1-7-9(4)5/h2*4-12H2,1-3H3;1H2/p+2. The smallest absolute Gasteiger partial charge is 0.303 e. The predicted molar refractivity (Wildman–Crippen MR) is 149 cm³/mol. The highest BCUT2D eigenvalue weighted by molar-refractivity contribution is 7.32. The summed E-state index contributed by atoms with van der Waals surface area (Å²) in [6.07, 6.45) is 16.2. The molecule has 0 aromatic rings. The van der Waals surface area contributed by atoms with Crippen LogP contribution >= 0.6 is 16.5 Å². The van der Waals surface area contributed by atoms with Crippen molar-refractivity contribution in [2.45, 2.75) is 119 Å². The zero-order chi connectivity index (χ0) is 27.2. The molecule has 0 radical (unpaired) electrons. The molecule has 0 saturated carbocycles. The molecule has 0 aromatic carbocycles. The van der Waals surface area contributed by atoms with Crippen molar-refractivity contribution in [1.29, 1.82) is 0 Å². The van der Waals surface area contributed by atoms with E-state index in [0.717, 1.165) is 0 Å². The normalized spacial score (nSPS) is 11.6. The number of hydrogen-bond donors (Lipinski definition) is 2. The van der Waals surface area contributed by atoms with Crippen LogP contribution in [0.4, 0.5) is 0 Å². The second-order valence-corrected chi connectivity index (χ2v) is 10.1. The molecule has 0 aromatic heterocycles. The van der Waals surface area contributed by atoms with Gasteiger partial charge in [-0.1, -0.05) is 89.1 Å². The molecule has 2 unspecified atom stereocenters. The van der Waals surface area contributed by atoms with E-state index >= 15 is 0 Å². The van der Waals surface area contributed by atoms with E-state index in [1.165, 1.54) is 116 Å². The van der Waals surface area contributed by atoms with Crippen molar-refractivity contribution in [3.63, 3.8) is 0 Å². The SMILES string of the molecule is CCCCN(CCCC)CCCC.CCCCN(CCCC)CCCC.O=[P+](O)OCO[P+](=O)O. The zero-order valence-electron chi connectivity index (χ0n) is 23.8. The monoisotopic (exact) mass is 544 g/mol. The van der Waals surface area contributed by atoms with Crippen LogP contribution in [0.5, 0.6) is 0 Å². The molecule has 8 nitrogen and oxygen atoms in total. The first-order chi connectivity index (χ1) is 16.8. The molecule has 0 spiro atoms. The summed E-state index contributed by atoms with van der Waals surface area (Å²) in [5.74, 6) is 0. The van der Waals surface area contributed by atoms with Crippen LogP contribution in [0.25, 0.3) is 0 Å². The maximum Gasteiger partial charge on any atom is 0.697 e. The van der Waals surface area contributed by atoms with Gasteiger partial charge in [-0.2, -0.15) is 0 Å². The molecule has 0 heterocycles. The van der Waals surface area contributed by atoms with E-state index in [9.17, 15) is 9.13 Å². The number of unbranched alkanes of at least 4 members (excludes halogenated alkanes) is 6. The Morgan fingerprint density at radius 3 is 0.829 bits per heavy atom. The fourth-order valence-electron chi connectivity index (χ4n) is 3.07. The van der Waals surface area contributed by atoms with Gasteiger partial charge in [0.15, 0.2) is 0 Å². The van der Waals surface area contributed by atoms with E-state index in [0.29, 0.717) is 0 Å². The van der Waals surface area contributed by atoms with Gasteiger partial charge in [0.2, 0.25) is 0 Å². The summed E-state index contributed by atoms with van der Waals surface area (Å²) in [5.41, 5.74) is 0. The van der Waals surface area contributed by atoms with Crippen LogP contribution < -0.4 is 0 Å². The number of nitrogens with zero attached hydrogens (tertiary/aromatic N) is 2. The molecule has 2 atom stereocenters. The summed E-state index contributed by atoms with van der Waals surface area (Å²) in [6, 6.07) is 0. The van der Waals surface area contributed by atoms with Crippen molar-refractivity contribution < 1.29 is 28.0 Å². The van der Waals surface area contributed by atoms with Gasteiger partial charge in [-0.3, -0.25) is 0 Å². The van der Waals surface area contributed by atoms with E-state index < -0.39 is 23.3 Å². The minimum atomic E-state index is -2.75. The highest BCUT2D eigenvalue weighted by atomic mass is 31.1. The molecule has 2 N–H and O–H groups in total. The lowest BCUT2D eigenvalue weighted by Gasteiger charge is -2.21. The number of hydrogen-bond acceptors (Lipinski definition) is 6. The maximum atomic E-state index is 9.65. The van der Waals surface area contributed by atoms with Crippen LogP contribution in [0.1, 0.15) is 119 Å². The Morgan fingerprint density at radius 1 is 0.486 bits per heavy atom. The average molecular weight is 545 g/mol. The molecule has 0 fully saturated rings. The molecule has 0 aliphatic heterocycles. The van der Waals surface area contributed by atoms with Crippen LogP contribution in [0, 0.1) is 0 Å². The summed E-state index contributed by atoms with van der Waals surface area (Å²) >= 11 is 0. The highest BCUT2D eigenvalue weighted by Gasteiger charge is 2.18. The third-order valence-electron chi connectivity index (χ3n) is 5.29. The van der Waals surface area contributed by atoms with Crippen molar-refractivity contribution in [3.05, 3.63) is 0 Å². The molecule has 0 aliphatic rings. The van der Waals surface area contributed by atoms with Gasteiger partial charge in [-0.15, -0.1) is 9.79 Å². The summed E-state index contributed by atoms with van der Waals surface area (Å²) in [7, 11) is -5.49. The Balaban J connectivity index is -0.000000448. The fraction of sp³-hybridized carbons (Fsp3) is 1.00. The van der Waals surface area contributed by atoms with Crippen LogP contribution in [-0.2, 0) is 18.2 Å². The van der Waals surface area contributed by atoms with Crippen LogP contribution in [0.15, 0.2) is 0 Å². The average Bonchev–Trinajstić information content (AvgIpc) is 2.83. The van der Waals surface area contributed by atoms with E-state index in [2.05, 4.69) is 60.4 Å². The Bertz CT molecular complexity index is 372. The molecule has 0 saturated heterocycles. The van der Waals surface area contributed by atoms with Gasteiger partial charge in [-0.05, 0) is 77.8 Å². The minimum absolute atomic E-state index is 0.655. The van der Waals surface area contributed by atoms with Crippen molar-refractivity contribution in [2.75, 3.05) is 46.1 Å². The van der Waals surface area contributed by atoms with Crippen LogP contribution in [0.2, 0.25) is 0 Å². The molecular formula is C25H58N2O6P2+2. The van der Waals surface area contributed by atoms with Gasteiger partial charge in [-0.25, -0.2) is 0 Å². The van der Waals surface area contributed by atoms with Gasteiger partial charge >= 0.3 is 16.5 Å². The molecule has 35 heavy (non-hydrogen) atoms. The molecule has 0 bridgehead atoms. The summed E-state index contributed by atoms with van der Waals surface area (Å²) in [5, 5.41) is 0. The predicted octanol–water partition coefficient (Wildman–Crippen LogP) is 7.65. The van der Waals surface area contributed by atoms with E-state index in [1.54, 1.807) is 0 Å². The van der Waals surface area contributed by atoms with Crippen LogP contribution in [0.3, 0.4) is 0 Å². The second-order valence-electron chi connectivity index (χ2n) is 8.66. The quantitative estimate of drug-likeness (QED) is 0.106. The summed E-state index contributed by atoms with van der Waals surface area (Å²) in [6.45, 7) is 20.9. The van der Waals surface area contributed by atoms with Gasteiger partial charge in [0.25, 0.3) is 6.79 Å². The van der Waals surface area contributed by atoms with Crippen LogP contribution in [-0.4, -0.2) is 65.6 Å². The van der Waals surface area contributed by atoms with Crippen molar-refractivity contribution in [1.82, 2.24) is 9.80 Å². The topological polar surface area (TPSA) is 99.5 Å². The molecule has 0 rings (SSSR count). The fourth-order valence-corrected chi connectivity index (χ4v) is 3.44. The first kappa shape index (κ1) is 39.5. The molecule has 212 valence electrons. The zero-order valence-corrected chi connectivity index (χ0v) is 25.5. The number of rotatable bonds is 22. The van der Waals surface area contributed by atoms with Crippen molar-refractivity contribution in [3.8, 4) is 0 Å². The van der Waals surface area contributed by atoms with Gasteiger partial charge in [0, 0.05) is 9.13 Å². The van der Waals surface area contributed by atoms with E-state index in [1.807, 2.05) is 0 Å². The van der Waals surface area contributed by atoms with E-state index in [-0.39, 0.29) is 0 Å². The van der Waals surface area contributed by atoms with Gasteiger partial charge in [0.1, 0.15) is 0 Å². The Morgan fingerprint density at radius 2 is 0.686 bits per heavy atom. The van der Waals surface area contributed by atoms with E-state index in [4.69, 9.17) is 9.79 Å². The summed E-state index contributed by atoms with van der Waals surface area (Å²) in [4.78, 5) is 21.1. The van der Waals surface area contributed by atoms with Gasteiger partial charge < -0.3 is 9.80 Å². The van der Waals surface area contributed by atoms with Crippen molar-refractivity contribution in [2.24, 2.45) is 0 Å². The Labute approximate surface area is 219 Å². The largest absolute Gasteiger partial charge is 0.697 e. The first-order valence-corrected chi connectivity index (χ1v) is 16.1. The lowest BCUT2D eigenvalue weighted by molar-refractivity contribution is 0.110. The third kappa shape index (κ3) is 38.6. The maximum absolute atomic E-state index is 9.65. The Hall–Kier alpha value is -0.0400. The third-order valence-corrected chi connectivity index (χ3v) is 5.95.